The third-order valence-electron chi connectivity index (χ3n) is 9.05. The number of fused-ring (bicyclic) bond motifs is 1. The van der Waals surface area contributed by atoms with Crippen LogP contribution in [0.2, 0.25) is 5.02 Å². The molecule has 2 atom stereocenters. The Morgan fingerprint density at radius 1 is 0.806 bits per heavy atom. The van der Waals surface area contributed by atoms with Crippen molar-refractivity contribution in [3.8, 4) is 5.75 Å². The highest BCUT2D eigenvalue weighted by atomic mass is 35.5. The number of anilines is 2. The molecule has 11 nitrogen and oxygen atoms in total. The molecule has 0 saturated heterocycles. The number of nitrogens with zero attached hydrogens (tertiary/aromatic N) is 2. The number of rotatable bonds is 21. The third-order valence-corrected chi connectivity index (χ3v) is 14.4. The summed E-state index contributed by atoms with van der Waals surface area (Å²) in [5, 5.41) is 1.18. The van der Waals surface area contributed by atoms with Gasteiger partial charge in [0.05, 0.1) is 12.1 Å². The van der Waals surface area contributed by atoms with Crippen molar-refractivity contribution in [2.24, 2.45) is 0 Å². The number of carbonyl (C=O) groups is 4. The van der Waals surface area contributed by atoms with Crippen LogP contribution in [-0.2, 0) is 44.2 Å². The fourth-order valence-electron chi connectivity index (χ4n) is 6.21. The number of pyridine rings is 1. The van der Waals surface area contributed by atoms with Gasteiger partial charge in [-0.3, -0.25) is 19.2 Å². The van der Waals surface area contributed by atoms with Crippen molar-refractivity contribution in [3.63, 3.8) is 0 Å². The van der Waals surface area contributed by atoms with Gasteiger partial charge in [0, 0.05) is 52.3 Å². The zero-order valence-corrected chi connectivity index (χ0v) is 37.4. The van der Waals surface area contributed by atoms with Crippen LogP contribution in [0.15, 0.2) is 144 Å². The lowest BCUT2D eigenvalue weighted by molar-refractivity contribution is -0.164. The summed E-state index contributed by atoms with van der Waals surface area (Å²) in [6.45, 7) is 0. The molecule has 1 aromatic heterocycles. The summed E-state index contributed by atoms with van der Waals surface area (Å²) in [7, 11) is -4.01. The molecule has 0 amide bonds. The van der Waals surface area contributed by atoms with Gasteiger partial charge in [-0.1, -0.05) is 102 Å². The Labute approximate surface area is 378 Å². The van der Waals surface area contributed by atoms with E-state index < -0.39 is 44.0 Å². The van der Waals surface area contributed by atoms with E-state index in [-0.39, 0.29) is 43.6 Å². The van der Waals surface area contributed by atoms with Crippen molar-refractivity contribution in [3.05, 3.63) is 155 Å². The SMILES string of the molecule is O=C(CCCC1(SC(=O)CCC(OC(=O)CCSCc2ccccc2)Oc2ccc(Cl)cc2)Sc2ccccc2N1c1ccccn1)OC(=O)CS(=O)(=O)/C=C\c1ccccc1. The highest BCUT2D eigenvalue weighted by molar-refractivity contribution is 8.26. The molecule has 0 saturated carbocycles. The van der Waals surface area contributed by atoms with Crippen LogP contribution in [0.25, 0.3) is 6.08 Å². The summed E-state index contributed by atoms with van der Waals surface area (Å²) in [6.07, 6.45) is 2.26. The lowest BCUT2D eigenvalue weighted by Gasteiger charge is -2.37. The number of thioether (sulfide) groups is 3. The number of esters is 3. The maximum Gasteiger partial charge on any atom is 0.329 e. The van der Waals surface area contributed by atoms with Crippen LogP contribution in [0.1, 0.15) is 49.7 Å². The molecule has 0 spiro atoms. The Bertz CT molecular complexity index is 2430. The minimum Gasteiger partial charge on any atom is -0.455 e. The van der Waals surface area contributed by atoms with Crippen molar-refractivity contribution >= 4 is 97.3 Å². The number of hydrogen-bond donors (Lipinski definition) is 0. The average molecular weight is 932 g/mol. The number of sulfone groups is 1. The number of para-hydroxylation sites is 1. The van der Waals surface area contributed by atoms with E-state index in [1.54, 1.807) is 78.6 Å². The van der Waals surface area contributed by atoms with Crippen LogP contribution < -0.4 is 9.64 Å². The summed E-state index contributed by atoms with van der Waals surface area (Å²) in [5.41, 5.74) is 2.60. The molecule has 0 fully saturated rings. The zero-order valence-electron chi connectivity index (χ0n) is 33.4. The van der Waals surface area contributed by atoms with E-state index in [2.05, 4.69) is 4.98 Å². The second kappa shape index (κ2) is 22.9. The van der Waals surface area contributed by atoms with Crippen molar-refractivity contribution in [1.29, 1.82) is 0 Å². The van der Waals surface area contributed by atoms with Crippen LogP contribution in [0.5, 0.6) is 5.75 Å². The molecule has 0 radical (unpaired) electrons. The molecule has 16 heteroatoms. The topological polar surface area (TPSA) is 146 Å². The maximum absolute atomic E-state index is 14.2. The first-order valence-corrected chi connectivity index (χ1v) is 24.5. The van der Waals surface area contributed by atoms with E-state index in [4.69, 9.17) is 25.8 Å². The first-order chi connectivity index (χ1) is 30.0. The number of halogens is 1. The molecule has 2 heterocycles. The highest BCUT2D eigenvalue weighted by Gasteiger charge is 2.48. The smallest absolute Gasteiger partial charge is 0.329 e. The lowest BCUT2D eigenvalue weighted by Crippen LogP contribution is -2.39. The van der Waals surface area contributed by atoms with Gasteiger partial charge < -0.3 is 19.1 Å². The van der Waals surface area contributed by atoms with Gasteiger partial charge in [0.25, 0.3) is 0 Å². The monoisotopic (exact) mass is 930 g/mol. The van der Waals surface area contributed by atoms with E-state index in [1.165, 1.54) is 17.8 Å². The molecular weight excluding hydrogens is 888 g/mol. The number of aromatic nitrogens is 1. The van der Waals surface area contributed by atoms with Crippen molar-refractivity contribution in [2.45, 2.75) is 59.7 Å². The Kier molecular flexibility index (Phi) is 17.1. The Morgan fingerprint density at radius 3 is 2.26 bits per heavy atom. The first-order valence-electron chi connectivity index (χ1n) is 19.6. The molecule has 6 rings (SSSR count). The van der Waals surface area contributed by atoms with E-state index in [9.17, 15) is 27.6 Å². The summed E-state index contributed by atoms with van der Waals surface area (Å²) >= 11 is 10.2. The van der Waals surface area contributed by atoms with Crippen molar-refractivity contribution < 1.29 is 41.8 Å². The zero-order chi connectivity index (χ0) is 43.8. The molecule has 2 unspecified atom stereocenters. The molecule has 5 aromatic rings. The van der Waals surface area contributed by atoms with Crippen LogP contribution in [0.3, 0.4) is 0 Å². The van der Waals surface area contributed by atoms with Crippen molar-refractivity contribution in [1.82, 2.24) is 4.98 Å². The predicted molar refractivity (Wildman–Crippen MR) is 247 cm³/mol. The van der Waals surface area contributed by atoms with Crippen LogP contribution in [-0.4, -0.2) is 58.4 Å². The van der Waals surface area contributed by atoms with Crippen LogP contribution >= 0.6 is 46.9 Å². The van der Waals surface area contributed by atoms with Gasteiger partial charge in [-0.2, -0.15) is 11.8 Å². The minimum atomic E-state index is -4.01. The standard InChI is InChI=1S/C46H43ClN2O9S4/c47-36-20-22-37(23-21-36)56-45(58-42(51)26-30-59-32-35-14-5-2-6-15-35)25-24-44(53)61-46(49(40-18-9-10-29-48-40)38-16-7-8-17-39(38)60-46)28-11-19-41(50)57-43(52)33-62(54,55)31-27-34-12-3-1-4-13-34/h1-10,12-18,20-23,27,29,31,45H,11,19,24-26,28,30,32-33H2/b31-27-. The third kappa shape index (κ3) is 14.2. The highest BCUT2D eigenvalue weighted by Crippen LogP contribution is 2.60. The Hall–Kier alpha value is -5.06. The van der Waals surface area contributed by atoms with Crippen molar-refractivity contribution in [2.75, 3.05) is 16.4 Å². The van der Waals surface area contributed by atoms with Gasteiger partial charge in [-0.25, -0.2) is 13.4 Å². The number of carbonyl (C=O) groups excluding carboxylic acids is 4. The molecule has 1 aliphatic rings. The normalized spacial score (nSPS) is 15.1. The largest absolute Gasteiger partial charge is 0.455 e. The van der Waals surface area contributed by atoms with E-state index in [0.29, 0.717) is 27.9 Å². The average Bonchev–Trinajstić information content (AvgIpc) is 3.58. The second-order valence-electron chi connectivity index (χ2n) is 13.8. The fraction of sp³-hybridized carbons (Fsp3) is 0.239. The summed E-state index contributed by atoms with van der Waals surface area (Å²) < 4.78 is 40.9. The van der Waals surface area contributed by atoms with Gasteiger partial charge in [0.15, 0.2) is 24.9 Å². The quantitative estimate of drug-likeness (QED) is 0.0298. The molecule has 322 valence electrons. The second-order valence-corrected chi connectivity index (χ2v) is 20.2. The predicted octanol–water partition coefficient (Wildman–Crippen LogP) is 10.3. The lowest BCUT2D eigenvalue weighted by atomic mass is 10.2. The number of ether oxygens (including phenoxy) is 3. The van der Waals surface area contributed by atoms with Crippen LogP contribution in [0.4, 0.5) is 11.5 Å². The Morgan fingerprint density at radius 2 is 1.52 bits per heavy atom. The summed E-state index contributed by atoms with van der Waals surface area (Å²) in [6, 6.07) is 38.4. The molecule has 1 aliphatic heterocycles. The molecule has 62 heavy (non-hydrogen) atoms. The van der Waals surface area contributed by atoms with Gasteiger partial charge in [0.2, 0.25) is 6.29 Å². The molecular formula is C46H43ClN2O9S4. The Balaban J connectivity index is 1.12. The van der Waals surface area contributed by atoms with Gasteiger partial charge in [-0.15, -0.1) is 0 Å². The first kappa shape index (κ1) is 46.4. The minimum absolute atomic E-state index is 0.0442. The van der Waals surface area contributed by atoms with Gasteiger partial charge in [0.1, 0.15) is 11.6 Å². The summed E-state index contributed by atoms with van der Waals surface area (Å²) in [5.74, 6) is -1.27. The summed E-state index contributed by atoms with van der Waals surface area (Å²) in [4.78, 5) is 60.2. The molecule has 4 aromatic carbocycles. The maximum atomic E-state index is 14.2. The van der Waals surface area contributed by atoms with Crippen LogP contribution in [0, 0.1) is 0 Å². The fourth-order valence-corrected chi connectivity index (χ4v) is 11.2. The van der Waals surface area contributed by atoms with E-state index in [0.717, 1.165) is 39.1 Å². The van der Waals surface area contributed by atoms with Gasteiger partial charge in [-0.05, 0) is 90.3 Å². The molecule has 0 aliphatic carbocycles. The molecule has 0 N–H and O–H groups in total. The molecule has 0 bridgehead atoms. The van der Waals surface area contributed by atoms with E-state index in [1.807, 2.05) is 71.6 Å². The number of benzene rings is 4. The number of hydrogen-bond acceptors (Lipinski definition) is 14. The van der Waals surface area contributed by atoms with E-state index >= 15 is 0 Å². The van der Waals surface area contributed by atoms with Gasteiger partial charge >= 0.3 is 17.9 Å².